The van der Waals surface area contributed by atoms with Crippen molar-refractivity contribution in [3.8, 4) is 0 Å². The van der Waals surface area contributed by atoms with Crippen molar-refractivity contribution in [2.24, 2.45) is 0 Å². The minimum atomic E-state index is -3.71. The number of anilines is 1. The molecular formula is C15H14N2O4S. The standard InChI is InChI=1S/C15H14N2O4S/c1-11-4-2-3-5-15(11)22(20,21)16-9-8-12-6-7-13(17(18)19)10-14(12)16/h2-7,10H,8-9H2,1H3. The van der Waals surface area contributed by atoms with E-state index in [1.807, 2.05) is 0 Å². The molecule has 0 unspecified atom stereocenters. The van der Waals surface area contributed by atoms with Crippen LogP contribution in [0.1, 0.15) is 11.1 Å². The molecule has 3 rings (SSSR count). The largest absolute Gasteiger partial charge is 0.271 e. The fourth-order valence-electron chi connectivity index (χ4n) is 2.67. The molecule has 0 saturated heterocycles. The Hall–Kier alpha value is -2.41. The molecule has 114 valence electrons. The van der Waals surface area contributed by atoms with Crippen LogP contribution in [-0.4, -0.2) is 19.9 Å². The third-order valence-corrected chi connectivity index (χ3v) is 5.77. The van der Waals surface area contributed by atoms with Crippen LogP contribution in [0.15, 0.2) is 47.4 Å². The van der Waals surface area contributed by atoms with Crippen molar-refractivity contribution in [1.29, 1.82) is 0 Å². The predicted octanol–water partition coefficient (Wildman–Crippen LogP) is 2.65. The summed E-state index contributed by atoms with van der Waals surface area (Å²) in [4.78, 5) is 10.6. The van der Waals surface area contributed by atoms with E-state index in [9.17, 15) is 18.5 Å². The minimum Gasteiger partial charge on any atom is -0.265 e. The van der Waals surface area contributed by atoms with Crippen LogP contribution in [0.2, 0.25) is 0 Å². The number of hydrogen-bond acceptors (Lipinski definition) is 4. The topological polar surface area (TPSA) is 80.5 Å². The second kappa shape index (κ2) is 5.10. The first-order valence-electron chi connectivity index (χ1n) is 6.77. The first kappa shape index (κ1) is 14.5. The van der Waals surface area contributed by atoms with Crippen LogP contribution in [-0.2, 0) is 16.4 Å². The first-order valence-corrected chi connectivity index (χ1v) is 8.21. The summed E-state index contributed by atoms with van der Waals surface area (Å²) >= 11 is 0. The van der Waals surface area contributed by atoms with Crippen molar-refractivity contribution in [3.63, 3.8) is 0 Å². The van der Waals surface area contributed by atoms with Gasteiger partial charge < -0.3 is 0 Å². The Kier molecular flexibility index (Phi) is 3.37. The average Bonchev–Trinajstić information content (AvgIpc) is 2.91. The van der Waals surface area contributed by atoms with Crippen molar-refractivity contribution in [2.75, 3.05) is 10.8 Å². The average molecular weight is 318 g/mol. The van der Waals surface area contributed by atoms with Gasteiger partial charge in [-0.25, -0.2) is 8.42 Å². The van der Waals surface area contributed by atoms with Crippen LogP contribution in [0.4, 0.5) is 11.4 Å². The molecular weight excluding hydrogens is 304 g/mol. The zero-order valence-corrected chi connectivity index (χ0v) is 12.7. The van der Waals surface area contributed by atoms with Crippen LogP contribution in [0, 0.1) is 17.0 Å². The lowest BCUT2D eigenvalue weighted by atomic mass is 10.1. The van der Waals surface area contributed by atoms with E-state index >= 15 is 0 Å². The quantitative estimate of drug-likeness (QED) is 0.643. The van der Waals surface area contributed by atoms with Gasteiger partial charge in [0.05, 0.1) is 15.5 Å². The van der Waals surface area contributed by atoms with Gasteiger partial charge in [-0.05, 0) is 30.5 Å². The summed E-state index contributed by atoms with van der Waals surface area (Å²) in [5.41, 5.74) is 1.76. The summed E-state index contributed by atoms with van der Waals surface area (Å²) in [5, 5.41) is 10.9. The highest BCUT2D eigenvalue weighted by molar-refractivity contribution is 7.93. The van der Waals surface area contributed by atoms with E-state index in [2.05, 4.69) is 0 Å². The highest BCUT2D eigenvalue weighted by Gasteiger charge is 2.32. The molecule has 0 N–H and O–H groups in total. The number of benzene rings is 2. The zero-order chi connectivity index (χ0) is 15.9. The first-order chi connectivity index (χ1) is 10.4. The molecule has 22 heavy (non-hydrogen) atoms. The number of non-ortho nitro benzene ring substituents is 1. The second-order valence-corrected chi connectivity index (χ2v) is 6.99. The van der Waals surface area contributed by atoms with Gasteiger partial charge >= 0.3 is 0 Å². The van der Waals surface area contributed by atoms with Crippen molar-refractivity contribution >= 4 is 21.4 Å². The molecule has 0 bridgehead atoms. The van der Waals surface area contributed by atoms with E-state index in [0.717, 1.165) is 5.56 Å². The van der Waals surface area contributed by atoms with Crippen LogP contribution < -0.4 is 4.31 Å². The lowest BCUT2D eigenvalue weighted by molar-refractivity contribution is -0.384. The van der Waals surface area contributed by atoms with E-state index < -0.39 is 14.9 Å². The third-order valence-electron chi connectivity index (χ3n) is 3.79. The summed E-state index contributed by atoms with van der Waals surface area (Å²) in [6.45, 7) is 2.03. The number of nitro benzene ring substituents is 1. The summed E-state index contributed by atoms with van der Waals surface area (Å²) in [6.07, 6.45) is 0.554. The molecule has 0 amide bonds. The van der Waals surface area contributed by atoms with Crippen molar-refractivity contribution in [3.05, 3.63) is 63.7 Å². The van der Waals surface area contributed by atoms with Crippen molar-refractivity contribution in [2.45, 2.75) is 18.2 Å². The molecule has 0 radical (unpaired) electrons. The molecule has 2 aromatic carbocycles. The molecule has 2 aromatic rings. The van der Waals surface area contributed by atoms with E-state index in [1.165, 1.54) is 16.4 Å². The Bertz CT molecular complexity index is 862. The van der Waals surface area contributed by atoms with Crippen LogP contribution >= 0.6 is 0 Å². The van der Waals surface area contributed by atoms with E-state index in [1.54, 1.807) is 37.3 Å². The van der Waals surface area contributed by atoms with Gasteiger partial charge in [-0.1, -0.05) is 24.3 Å². The van der Waals surface area contributed by atoms with Gasteiger partial charge in [-0.15, -0.1) is 0 Å². The summed E-state index contributed by atoms with van der Waals surface area (Å²) in [5.74, 6) is 0. The lowest BCUT2D eigenvalue weighted by Gasteiger charge is -2.20. The Morgan fingerprint density at radius 2 is 1.91 bits per heavy atom. The van der Waals surface area contributed by atoms with Gasteiger partial charge in [0.25, 0.3) is 15.7 Å². The number of rotatable bonds is 3. The predicted molar refractivity (Wildman–Crippen MR) is 82.5 cm³/mol. The Morgan fingerprint density at radius 3 is 2.59 bits per heavy atom. The smallest absolute Gasteiger partial charge is 0.265 e. The van der Waals surface area contributed by atoms with Crippen LogP contribution in [0.5, 0.6) is 0 Å². The number of nitro groups is 1. The molecule has 0 atom stereocenters. The summed E-state index contributed by atoms with van der Waals surface area (Å²) in [6, 6.07) is 11.1. The number of nitrogens with zero attached hydrogens (tertiary/aromatic N) is 2. The van der Waals surface area contributed by atoms with Gasteiger partial charge in [0.2, 0.25) is 0 Å². The molecule has 1 aliphatic rings. The Labute approximate surface area is 128 Å². The van der Waals surface area contributed by atoms with E-state index in [4.69, 9.17) is 0 Å². The highest BCUT2D eigenvalue weighted by Crippen LogP contribution is 2.36. The SMILES string of the molecule is Cc1ccccc1S(=O)(=O)N1CCc2ccc([N+](=O)[O-])cc21. The molecule has 6 nitrogen and oxygen atoms in total. The monoisotopic (exact) mass is 318 g/mol. The fourth-order valence-corrected chi connectivity index (χ4v) is 4.39. The van der Waals surface area contributed by atoms with E-state index in [0.29, 0.717) is 24.2 Å². The van der Waals surface area contributed by atoms with Gasteiger partial charge in [-0.2, -0.15) is 0 Å². The van der Waals surface area contributed by atoms with Gasteiger partial charge in [0.1, 0.15) is 0 Å². The van der Waals surface area contributed by atoms with Gasteiger partial charge in [0, 0.05) is 18.7 Å². The lowest BCUT2D eigenvalue weighted by Crippen LogP contribution is -2.29. The van der Waals surface area contributed by atoms with E-state index in [-0.39, 0.29) is 10.6 Å². The molecule has 0 saturated carbocycles. The maximum atomic E-state index is 12.9. The fraction of sp³-hybridized carbons (Fsp3) is 0.200. The van der Waals surface area contributed by atoms with Crippen LogP contribution in [0.3, 0.4) is 0 Å². The Morgan fingerprint density at radius 1 is 1.18 bits per heavy atom. The van der Waals surface area contributed by atoms with Crippen molar-refractivity contribution < 1.29 is 13.3 Å². The molecule has 0 spiro atoms. The number of aryl methyl sites for hydroxylation is 1. The van der Waals surface area contributed by atoms with Crippen LogP contribution in [0.25, 0.3) is 0 Å². The molecule has 7 heteroatoms. The zero-order valence-electron chi connectivity index (χ0n) is 11.9. The molecule has 0 fully saturated rings. The summed E-state index contributed by atoms with van der Waals surface area (Å²) < 4.78 is 27.0. The molecule has 0 aliphatic carbocycles. The maximum absolute atomic E-state index is 12.9. The van der Waals surface area contributed by atoms with Gasteiger partial charge in [-0.3, -0.25) is 14.4 Å². The normalized spacial score (nSPS) is 14.0. The number of fused-ring (bicyclic) bond motifs is 1. The number of hydrogen-bond donors (Lipinski definition) is 0. The maximum Gasteiger partial charge on any atom is 0.271 e. The third kappa shape index (κ3) is 2.23. The molecule has 1 heterocycles. The second-order valence-electron chi connectivity index (χ2n) is 5.16. The summed E-state index contributed by atoms with van der Waals surface area (Å²) in [7, 11) is -3.71. The Balaban J connectivity index is 2.11. The molecule has 1 aliphatic heterocycles. The van der Waals surface area contributed by atoms with Gasteiger partial charge in [0.15, 0.2) is 0 Å². The molecule has 0 aromatic heterocycles. The van der Waals surface area contributed by atoms with Crippen molar-refractivity contribution in [1.82, 2.24) is 0 Å². The highest BCUT2D eigenvalue weighted by atomic mass is 32.2. The minimum absolute atomic E-state index is 0.106. The number of sulfonamides is 1.